The monoisotopic (exact) mass is 417 g/mol. The third-order valence-corrected chi connectivity index (χ3v) is 4.62. The second-order valence-corrected chi connectivity index (χ2v) is 6.71. The number of carbonyl (C=O) groups is 2. The van der Waals surface area contributed by atoms with Crippen LogP contribution in [-0.2, 0) is 9.53 Å². The first kappa shape index (κ1) is 19.5. The normalized spacial score (nSPS) is 10.3. The van der Waals surface area contributed by atoms with E-state index >= 15 is 0 Å². The lowest BCUT2D eigenvalue weighted by atomic mass is 10.2. The Morgan fingerprint density at radius 2 is 1.96 bits per heavy atom. The van der Waals surface area contributed by atoms with E-state index in [1.54, 1.807) is 5.38 Å². The van der Waals surface area contributed by atoms with Crippen molar-refractivity contribution >= 4 is 45.6 Å². The van der Waals surface area contributed by atoms with E-state index in [1.165, 1.54) is 23.5 Å². The van der Waals surface area contributed by atoms with Crippen LogP contribution in [0.3, 0.4) is 0 Å². The van der Waals surface area contributed by atoms with Crippen molar-refractivity contribution in [2.75, 3.05) is 11.9 Å². The maximum atomic E-state index is 12.1. The van der Waals surface area contributed by atoms with Gasteiger partial charge in [0.1, 0.15) is 0 Å². The predicted octanol–water partition coefficient (Wildman–Crippen LogP) is 4.17. The highest BCUT2D eigenvalue weighted by Gasteiger charge is 2.18. The van der Waals surface area contributed by atoms with Crippen molar-refractivity contribution in [2.24, 2.45) is 0 Å². The molecule has 0 bridgehead atoms. The minimum atomic E-state index is -0.937. The number of thiazole rings is 1. The van der Waals surface area contributed by atoms with Gasteiger partial charge in [0, 0.05) is 23.1 Å². The van der Waals surface area contributed by atoms with Gasteiger partial charge in [-0.15, -0.1) is 11.3 Å². The molecule has 0 saturated heterocycles. The molecule has 0 atom stereocenters. The minimum Gasteiger partial charge on any atom is -0.452 e. The molecule has 0 aliphatic heterocycles. The van der Waals surface area contributed by atoms with Crippen LogP contribution in [0.4, 0.5) is 10.8 Å². The molecule has 0 radical (unpaired) electrons. The fraction of sp³-hybridized carbons (Fsp3) is 0.0556. The van der Waals surface area contributed by atoms with Crippen LogP contribution < -0.4 is 5.32 Å². The van der Waals surface area contributed by atoms with Crippen molar-refractivity contribution in [3.05, 3.63) is 74.6 Å². The number of nitro benzene ring substituents is 1. The molecule has 0 saturated carbocycles. The number of benzene rings is 2. The topological polar surface area (TPSA) is 111 Å². The zero-order valence-electron chi connectivity index (χ0n) is 14.1. The molecular formula is C18H12ClN3O5S. The first-order valence-electron chi connectivity index (χ1n) is 7.86. The molecule has 28 heavy (non-hydrogen) atoms. The Balaban J connectivity index is 1.59. The summed E-state index contributed by atoms with van der Waals surface area (Å²) < 4.78 is 4.89. The molecule has 1 amide bonds. The van der Waals surface area contributed by atoms with Gasteiger partial charge in [0.2, 0.25) is 0 Å². The Labute approximate surface area is 167 Å². The summed E-state index contributed by atoms with van der Waals surface area (Å²) in [5.74, 6) is -1.53. The molecule has 1 aromatic heterocycles. The summed E-state index contributed by atoms with van der Waals surface area (Å²) in [7, 11) is 0. The van der Waals surface area contributed by atoms with Crippen LogP contribution in [0.2, 0.25) is 5.02 Å². The number of hydrogen-bond acceptors (Lipinski definition) is 7. The van der Waals surface area contributed by atoms with Crippen molar-refractivity contribution in [3.8, 4) is 11.3 Å². The number of hydrogen-bond donors (Lipinski definition) is 1. The fourth-order valence-corrected chi connectivity index (χ4v) is 3.15. The number of rotatable bonds is 6. The quantitative estimate of drug-likeness (QED) is 0.366. The van der Waals surface area contributed by atoms with Crippen molar-refractivity contribution in [2.45, 2.75) is 0 Å². The summed E-state index contributed by atoms with van der Waals surface area (Å²) in [6, 6.07) is 12.8. The predicted molar refractivity (Wildman–Crippen MR) is 105 cm³/mol. The van der Waals surface area contributed by atoms with Gasteiger partial charge in [0.05, 0.1) is 21.2 Å². The highest BCUT2D eigenvalue weighted by Crippen LogP contribution is 2.25. The van der Waals surface area contributed by atoms with Gasteiger partial charge in [-0.05, 0) is 6.07 Å². The SMILES string of the molecule is O=C(COC(=O)c1cc([N+](=O)[O-])ccc1Cl)Nc1nc(-c2ccccc2)cs1. The maximum absolute atomic E-state index is 12.1. The van der Waals surface area contributed by atoms with Gasteiger partial charge in [0.25, 0.3) is 11.6 Å². The molecule has 142 valence electrons. The van der Waals surface area contributed by atoms with Gasteiger partial charge in [-0.2, -0.15) is 0 Å². The van der Waals surface area contributed by atoms with Crippen LogP contribution in [0.25, 0.3) is 11.3 Å². The van der Waals surface area contributed by atoms with E-state index in [2.05, 4.69) is 10.3 Å². The average molecular weight is 418 g/mol. The lowest BCUT2D eigenvalue weighted by molar-refractivity contribution is -0.384. The number of nitrogens with one attached hydrogen (secondary N) is 1. The van der Waals surface area contributed by atoms with Gasteiger partial charge in [0.15, 0.2) is 11.7 Å². The molecule has 3 aromatic rings. The van der Waals surface area contributed by atoms with Gasteiger partial charge >= 0.3 is 5.97 Å². The number of ether oxygens (including phenoxy) is 1. The summed E-state index contributed by atoms with van der Waals surface area (Å²) in [4.78, 5) is 38.5. The summed E-state index contributed by atoms with van der Waals surface area (Å²) in [6.45, 7) is -0.585. The first-order valence-corrected chi connectivity index (χ1v) is 9.11. The lowest BCUT2D eigenvalue weighted by Gasteiger charge is -2.06. The number of esters is 1. The van der Waals surface area contributed by atoms with Crippen molar-refractivity contribution in [1.82, 2.24) is 4.98 Å². The van der Waals surface area contributed by atoms with E-state index in [-0.39, 0.29) is 16.3 Å². The first-order chi connectivity index (χ1) is 13.4. The van der Waals surface area contributed by atoms with E-state index in [9.17, 15) is 19.7 Å². The van der Waals surface area contributed by atoms with Crippen LogP contribution in [0.5, 0.6) is 0 Å². The summed E-state index contributed by atoms with van der Waals surface area (Å²) >= 11 is 7.10. The van der Waals surface area contributed by atoms with E-state index in [0.717, 1.165) is 11.6 Å². The van der Waals surface area contributed by atoms with Crippen LogP contribution >= 0.6 is 22.9 Å². The van der Waals surface area contributed by atoms with Gasteiger partial charge in [-0.3, -0.25) is 20.2 Å². The van der Waals surface area contributed by atoms with Crippen LogP contribution in [0.15, 0.2) is 53.9 Å². The van der Waals surface area contributed by atoms with E-state index in [1.807, 2.05) is 30.3 Å². The van der Waals surface area contributed by atoms with Crippen molar-refractivity contribution < 1.29 is 19.2 Å². The Hall–Kier alpha value is -3.30. The number of halogens is 1. The van der Waals surface area contributed by atoms with E-state index in [0.29, 0.717) is 10.8 Å². The van der Waals surface area contributed by atoms with Crippen molar-refractivity contribution in [3.63, 3.8) is 0 Å². The fourth-order valence-electron chi connectivity index (χ4n) is 2.22. The molecule has 3 rings (SSSR count). The smallest absolute Gasteiger partial charge is 0.340 e. The van der Waals surface area contributed by atoms with Crippen LogP contribution in [0, 0.1) is 10.1 Å². The van der Waals surface area contributed by atoms with Crippen molar-refractivity contribution in [1.29, 1.82) is 0 Å². The number of amides is 1. The zero-order valence-corrected chi connectivity index (χ0v) is 15.7. The molecular weight excluding hydrogens is 406 g/mol. The number of carbonyl (C=O) groups excluding carboxylic acids is 2. The second kappa shape index (κ2) is 8.59. The highest BCUT2D eigenvalue weighted by molar-refractivity contribution is 7.14. The van der Waals surface area contributed by atoms with E-state index < -0.39 is 23.4 Å². The molecule has 0 aliphatic rings. The van der Waals surface area contributed by atoms with E-state index in [4.69, 9.17) is 16.3 Å². The second-order valence-electron chi connectivity index (χ2n) is 5.45. The number of non-ortho nitro benzene ring substituents is 1. The number of anilines is 1. The molecule has 1 heterocycles. The highest BCUT2D eigenvalue weighted by atomic mass is 35.5. The molecule has 8 nitrogen and oxygen atoms in total. The Morgan fingerprint density at radius 3 is 2.68 bits per heavy atom. The van der Waals surface area contributed by atoms with Gasteiger partial charge in [-0.1, -0.05) is 41.9 Å². The molecule has 0 fully saturated rings. The standard InChI is InChI=1S/C18H12ClN3O5S/c19-14-7-6-12(22(25)26)8-13(14)17(24)27-9-16(23)21-18-20-15(10-28-18)11-4-2-1-3-5-11/h1-8,10H,9H2,(H,20,21,23). The minimum absolute atomic E-state index is 0.0107. The number of aromatic nitrogens is 1. The Bertz CT molecular complexity index is 1040. The van der Waals surface area contributed by atoms with Gasteiger partial charge in [-0.25, -0.2) is 9.78 Å². The van der Waals surface area contributed by atoms with Crippen LogP contribution in [0.1, 0.15) is 10.4 Å². The molecule has 1 N–H and O–H groups in total. The molecule has 0 unspecified atom stereocenters. The molecule has 2 aromatic carbocycles. The summed E-state index contributed by atoms with van der Waals surface area (Å²) in [5.41, 5.74) is 1.12. The van der Waals surface area contributed by atoms with Crippen LogP contribution in [-0.4, -0.2) is 28.4 Å². The maximum Gasteiger partial charge on any atom is 0.340 e. The summed E-state index contributed by atoms with van der Waals surface area (Å²) in [6.07, 6.45) is 0. The molecule has 0 aliphatic carbocycles. The largest absolute Gasteiger partial charge is 0.452 e. The molecule has 0 spiro atoms. The number of nitrogens with zero attached hydrogens (tertiary/aromatic N) is 2. The lowest BCUT2D eigenvalue weighted by Crippen LogP contribution is -2.21. The average Bonchev–Trinajstić information content (AvgIpc) is 3.15. The Kier molecular flexibility index (Phi) is 5.97. The zero-order chi connectivity index (χ0) is 20.1. The number of nitro groups is 1. The third-order valence-electron chi connectivity index (χ3n) is 3.54. The summed E-state index contributed by atoms with van der Waals surface area (Å²) in [5, 5.41) is 15.5. The third kappa shape index (κ3) is 4.70. The Morgan fingerprint density at radius 1 is 1.21 bits per heavy atom. The van der Waals surface area contributed by atoms with Gasteiger partial charge < -0.3 is 4.74 Å². The molecule has 10 heteroatoms.